The van der Waals surface area contributed by atoms with Crippen molar-refractivity contribution < 1.29 is 8.42 Å². The highest BCUT2D eigenvalue weighted by molar-refractivity contribution is 8.14. The number of halogens is 2. The highest BCUT2D eigenvalue weighted by Crippen LogP contribution is 2.34. The van der Waals surface area contributed by atoms with E-state index in [0.29, 0.717) is 0 Å². The zero-order chi connectivity index (χ0) is 11.6. The SMILES string of the molecule is CSC(=N)NS(=O)(=O)c1cc(Cl)sc1Cl. The van der Waals surface area contributed by atoms with Crippen molar-refractivity contribution in [3.8, 4) is 0 Å². The van der Waals surface area contributed by atoms with Gasteiger partial charge in [-0.05, 0) is 12.3 Å². The molecule has 2 N–H and O–H groups in total. The minimum Gasteiger partial charge on any atom is -0.278 e. The van der Waals surface area contributed by atoms with E-state index in [1.807, 2.05) is 0 Å². The van der Waals surface area contributed by atoms with Crippen LogP contribution in [0.4, 0.5) is 0 Å². The summed E-state index contributed by atoms with van der Waals surface area (Å²) in [4.78, 5) is -0.0991. The molecule has 0 aliphatic heterocycles. The van der Waals surface area contributed by atoms with Crippen molar-refractivity contribution in [1.29, 1.82) is 5.41 Å². The fourth-order valence-electron chi connectivity index (χ4n) is 0.727. The van der Waals surface area contributed by atoms with Crippen LogP contribution in [0, 0.1) is 5.41 Å². The summed E-state index contributed by atoms with van der Waals surface area (Å²) in [6.07, 6.45) is 1.59. The first-order chi connectivity index (χ1) is 6.86. The average Bonchev–Trinajstić information content (AvgIpc) is 2.45. The molecule has 0 spiro atoms. The first-order valence-corrected chi connectivity index (χ1v) is 7.75. The lowest BCUT2D eigenvalue weighted by molar-refractivity contribution is 0.593. The maximum atomic E-state index is 11.6. The number of hydrogen-bond acceptors (Lipinski definition) is 5. The molecule has 0 radical (unpaired) electrons. The van der Waals surface area contributed by atoms with Crippen LogP contribution in [0.25, 0.3) is 0 Å². The van der Waals surface area contributed by atoms with Gasteiger partial charge in [-0.1, -0.05) is 35.0 Å². The van der Waals surface area contributed by atoms with Crippen LogP contribution in [-0.2, 0) is 10.0 Å². The van der Waals surface area contributed by atoms with Gasteiger partial charge in [-0.2, -0.15) is 0 Å². The van der Waals surface area contributed by atoms with E-state index < -0.39 is 10.0 Å². The Morgan fingerprint density at radius 1 is 1.60 bits per heavy atom. The summed E-state index contributed by atoms with van der Waals surface area (Å²) in [5.41, 5.74) is 0. The molecule has 0 bridgehead atoms. The normalized spacial score (nSPS) is 11.4. The number of hydrogen-bond donors (Lipinski definition) is 2. The Hall–Kier alpha value is 0.0500. The minimum absolute atomic E-state index is 0.0846. The molecule has 9 heteroatoms. The Morgan fingerprint density at radius 3 is 2.60 bits per heavy atom. The summed E-state index contributed by atoms with van der Waals surface area (Å²) in [5, 5.41) is 7.05. The third-order valence-electron chi connectivity index (χ3n) is 1.35. The third-order valence-corrected chi connectivity index (χ3v) is 5.09. The van der Waals surface area contributed by atoms with Crippen LogP contribution < -0.4 is 4.72 Å². The van der Waals surface area contributed by atoms with Crippen LogP contribution in [0.2, 0.25) is 8.67 Å². The smallest absolute Gasteiger partial charge is 0.265 e. The van der Waals surface area contributed by atoms with Crippen molar-refractivity contribution in [3.63, 3.8) is 0 Å². The zero-order valence-corrected chi connectivity index (χ0v) is 11.3. The molecular formula is C6H6Cl2N2O2S3. The van der Waals surface area contributed by atoms with E-state index in [9.17, 15) is 8.42 Å². The molecule has 0 amide bonds. The summed E-state index contributed by atoms with van der Waals surface area (Å²) in [6.45, 7) is 0. The van der Waals surface area contributed by atoms with Gasteiger partial charge in [0.25, 0.3) is 10.0 Å². The average molecular weight is 305 g/mol. The predicted molar refractivity (Wildman–Crippen MR) is 65.9 cm³/mol. The standard InChI is InChI=1S/C6H6Cl2N2O2S3/c1-13-6(9)10-15(11,12)3-2-4(7)14-5(3)8/h2H,1H3,(H2,9,10). The summed E-state index contributed by atoms with van der Waals surface area (Å²) in [5.74, 6) is 0. The van der Waals surface area contributed by atoms with Gasteiger partial charge < -0.3 is 0 Å². The Bertz CT molecular complexity index is 483. The zero-order valence-electron chi connectivity index (χ0n) is 7.37. The van der Waals surface area contributed by atoms with Crippen molar-refractivity contribution in [1.82, 2.24) is 4.72 Å². The van der Waals surface area contributed by atoms with Gasteiger partial charge >= 0.3 is 0 Å². The highest BCUT2D eigenvalue weighted by atomic mass is 35.5. The fraction of sp³-hybridized carbons (Fsp3) is 0.167. The topological polar surface area (TPSA) is 70.0 Å². The van der Waals surface area contributed by atoms with E-state index in [1.165, 1.54) is 6.07 Å². The molecule has 0 aliphatic rings. The van der Waals surface area contributed by atoms with Crippen LogP contribution in [0.3, 0.4) is 0 Å². The first-order valence-electron chi connectivity index (χ1n) is 3.47. The van der Waals surface area contributed by atoms with E-state index in [2.05, 4.69) is 4.72 Å². The Labute approximate surface area is 106 Å². The third kappa shape index (κ3) is 3.25. The molecule has 15 heavy (non-hydrogen) atoms. The van der Waals surface area contributed by atoms with E-state index in [-0.39, 0.29) is 18.7 Å². The molecule has 1 rings (SSSR count). The highest BCUT2D eigenvalue weighted by Gasteiger charge is 2.21. The maximum absolute atomic E-state index is 11.6. The molecule has 0 fully saturated rings. The second-order valence-corrected chi connectivity index (χ2v) is 7.08. The minimum atomic E-state index is -3.78. The molecule has 0 aromatic carbocycles. The molecule has 0 aliphatic carbocycles. The lowest BCUT2D eigenvalue weighted by Crippen LogP contribution is -2.27. The van der Waals surface area contributed by atoms with Crippen molar-refractivity contribution in [3.05, 3.63) is 14.7 Å². The van der Waals surface area contributed by atoms with Crippen molar-refractivity contribution >= 4 is 61.5 Å². The number of rotatable bonds is 2. The Balaban J connectivity index is 3.06. The van der Waals surface area contributed by atoms with Crippen LogP contribution in [0.5, 0.6) is 0 Å². The van der Waals surface area contributed by atoms with Gasteiger partial charge in [0.15, 0.2) is 5.17 Å². The summed E-state index contributed by atoms with van der Waals surface area (Å²) in [7, 11) is -3.78. The van der Waals surface area contributed by atoms with Crippen LogP contribution >= 0.6 is 46.3 Å². The molecule has 4 nitrogen and oxygen atoms in total. The number of thiophene rings is 1. The number of sulfonamides is 1. The quantitative estimate of drug-likeness (QED) is 0.652. The largest absolute Gasteiger partial charge is 0.278 e. The van der Waals surface area contributed by atoms with E-state index in [1.54, 1.807) is 6.26 Å². The molecule has 0 saturated carbocycles. The van der Waals surface area contributed by atoms with Gasteiger partial charge in [0.1, 0.15) is 9.23 Å². The van der Waals surface area contributed by atoms with E-state index >= 15 is 0 Å². The summed E-state index contributed by atoms with van der Waals surface area (Å²) < 4.78 is 25.7. The molecule has 1 heterocycles. The molecule has 0 atom stereocenters. The molecule has 84 valence electrons. The van der Waals surface area contributed by atoms with E-state index in [0.717, 1.165) is 23.1 Å². The Kier molecular flexibility index (Phi) is 4.30. The first kappa shape index (κ1) is 13.1. The van der Waals surface area contributed by atoms with Crippen LogP contribution in [-0.4, -0.2) is 19.8 Å². The number of thioether (sulfide) groups is 1. The number of nitrogens with one attached hydrogen (secondary N) is 2. The monoisotopic (exact) mass is 304 g/mol. The van der Waals surface area contributed by atoms with Gasteiger partial charge in [0.2, 0.25) is 0 Å². The van der Waals surface area contributed by atoms with Gasteiger partial charge in [-0.15, -0.1) is 11.3 Å². The van der Waals surface area contributed by atoms with E-state index in [4.69, 9.17) is 28.6 Å². The van der Waals surface area contributed by atoms with Crippen molar-refractivity contribution in [2.24, 2.45) is 0 Å². The summed E-state index contributed by atoms with van der Waals surface area (Å²) in [6, 6.07) is 1.25. The van der Waals surface area contributed by atoms with Gasteiger partial charge in [-0.3, -0.25) is 10.1 Å². The fourth-order valence-corrected chi connectivity index (χ4v) is 4.40. The second kappa shape index (κ2) is 4.92. The maximum Gasteiger partial charge on any atom is 0.265 e. The van der Waals surface area contributed by atoms with Gasteiger partial charge in [-0.25, -0.2) is 8.42 Å². The lowest BCUT2D eigenvalue weighted by atomic mass is 10.7. The van der Waals surface area contributed by atoms with Crippen molar-refractivity contribution in [2.75, 3.05) is 6.26 Å². The van der Waals surface area contributed by atoms with Crippen LogP contribution in [0.15, 0.2) is 11.0 Å². The Morgan fingerprint density at radius 2 is 2.20 bits per heavy atom. The molecule has 0 saturated heterocycles. The molecule has 1 aromatic heterocycles. The predicted octanol–water partition coefficient (Wildman–Crippen LogP) is 2.63. The molecule has 0 unspecified atom stereocenters. The lowest BCUT2D eigenvalue weighted by Gasteiger charge is -2.05. The van der Waals surface area contributed by atoms with Crippen molar-refractivity contribution in [2.45, 2.75) is 4.90 Å². The summed E-state index contributed by atoms with van der Waals surface area (Å²) >= 11 is 13.3. The molecular weight excluding hydrogens is 299 g/mol. The second-order valence-electron chi connectivity index (χ2n) is 2.33. The van der Waals surface area contributed by atoms with Gasteiger partial charge in [0.05, 0.1) is 4.34 Å². The molecule has 1 aromatic rings. The van der Waals surface area contributed by atoms with Crippen LogP contribution in [0.1, 0.15) is 0 Å². The number of amidine groups is 1. The van der Waals surface area contributed by atoms with Gasteiger partial charge in [0, 0.05) is 0 Å².